The van der Waals surface area contributed by atoms with Gasteiger partial charge in [-0.3, -0.25) is 9.47 Å². The monoisotopic (exact) mass is 600 g/mol. The van der Waals surface area contributed by atoms with Crippen molar-refractivity contribution in [2.75, 3.05) is 27.4 Å². The summed E-state index contributed by atoms with van der Waals surface area (Å²) in [6.07, 6.45) is -2.54. The summed E-state index contributed by atoms with van der Waals surface area (Å²) < 4.78 is 28.7. The molecule has 6 rings (SSSR count). The van der Waals surface area contributed by atoms with Crippen molar-refractivity contribution in [2.45, 2.75) is 39.0 Å². The molecule has 2 aliphatic heterocycles. The molecule has 1 aromatic heterocycles. The summed E-state index contributed by atoms with van der Waals surface area (Å²) in [5.74, 6) is 0.108. The first kappa shape index (κ1) is 29.0. The van der Waals surface area contributed by atoms with Crippen molar-refractivity contribution in [1.82, 2.24) is 14.5 Å². The molecule has 228 valence electrons. The van der Waals surface area contributed by atoms with Crippen molar-refractivity contribution in [3.63, 3.8) is 0 Å². The average Bonchev–Trinajstić information content (AvgIpc) is 3.69. The molecule has 2 aliphatic rings. The maximum Gasteiger partial charge on any atom is 0.509 e. The van der Waals surface area contributed by atoms with Gasteiger partial charge < -0.3 is 28.5 Å². The summed E-state index contributed by atoms with van der Waals surface area (Å²) in [4.78, 5) is 36.6. The molecule has 3 unspecified atom stereocenters. The molecule has 12 nitrogen and oxygen atoms in total. The fourth-order valence-corrected chi connectivity index (χ4v) is 5.27. The second-order valence-electron chi connectivity index (χ2n) is 10.3. The fraction of sp³-hybridized carbons (Fsp3) is 0.312. The minimum absolute atomic E-state index is 0.127. The molecule has 0 bridgehead atoms. The molecule has 1 saturated heterocycles. The normalized spacial score (nSPS) is 19.4. The van der Waals surface area contributed by atoms with Crippen LogP contribution < -0.4 is 4.74 Å². The summed E-state index contributed by atoms with van der Waals surface area (Å²) in [6.45, 7) is 4.22. The number of fused-ring (bicyclic) bond motifs is 1. The number of para-hydroxylation sites is 1. The number of carbonyl (C=O) groups excluding carboxylic acids is 2. The molecule has 3 aromatic carbocycles. The van der Waals surface area contributed by atoms with Crippen molar-refractivity contribution >= 4 is 29.0 Å². The number of imidazole rings is 1. The Bertz CT molecular complexity index is 1720. The van der Waals surface area contributed by atoms with Gasteiger partial charge in [0.25, 0.3) is 6.01 Å². The van der Waals surface area contributed by atoms with E-state index in [2.05, 4.69) is 10.1 Å². The molecule has 0 saturated carbocycles. The molecule has 3 atom stereocenters. The number of hydrogen-bond donors (Lipinski definition) is 0. The van der Waals surface area contributed by atoms with E-state index in [0.29, 0.717) is 41.6 Å². The van der Waals surface area contributed by atoms with Crippen LogP contribution in [0.1, 0.15) is 35.3 Å². The highest BCUT2D eigenvalue weighted by molar-refractivity contribution is 6.05. The zero-order valence-electron chi connectivity index (χ0n) is 24.8. The Hall–Kier alpha value is -5.10. The van der Waals surface area contributed by atoms with Crippen LogP contribution in [0.2, 0.25) is 0 Å². The van der Waals surface area contributed by atoms with Gasteiger partial charge in [-0.15, -0.1) is 0 Å². The number of hydrogen-bond acceptors (Lipinski definition) is 11. The zero-order chi connectivity index (χ0) is 30.8. The first-order valence-electron chi connectivity index (χ1n) is 14.2. The molecular weight excluding hydrogens is 568 g/mol. The molecule has 0 N–H and O–H groups in total. The minimum atomic E-state index is -0.775. The lowest BCUT2D eigenvalue weighted by molar-refractivity contribution is -0.161. The van der Waals surface area contributed by atoms with Crippen molar-refractivity contribution in [1.29, 1.82) is 0 Å². The maximum atomic E-state index is 13.3. The van der Waals surface area contributed by atoms with E-state index in [9.17, 15) is 9.59 Å². The SMILES string of the molecule is CCOc1nc2cccc(C(=O)OCC3OC(=O)OC3C)c2n1Cc1ccc(-c2ccccc2C2=NOC(OC)N2C)cc1. The van der Waals surface area contributed by atoms with E-state index in [1.165, 1.54) is 0 Å². The van der Waals surface area contributed by atoms with Gasteiger partial charge in [-0.1, -0.05) is 59.8 Å². The lowest BCUT2D eigenvalue weighted by Crippen LogP contribution is -2.34. The predicted octanol–water partition coefficient (Wildman–Crippen LogP) is 4.78. The minimum Gasteiger partial charge on any atom is -0.465 e. The molecule has 4 aromatic rings. The van der Waals surface area contributed by atoms with Crippen LogP contribution in [-0.4, -0.2) is 78.4 Å². The highest BCUT2D eigenvalue weighted by Gasteiger charge is 2.34. The van der Waals surface area contributed by atoms with E-state index in [0.717, 1.165) is 22.3 Å². The van der Waals surface area contributed by atoms with Crippen molar-refractivity contribution in [3.8, 4) is 17.1 Å². The van der Waals surface area contributed by atoms with Crippen LogP contribution in [0, 0.1) is 0 Å². The summed E-state index contributed by atoms with van der Waals surface area (Å²) in [7, 11) is 3.44. The van der Waals surface area contributed by atoms with Crippen LogP contribution in [-0.2, 0) is 30.3 Å². The van der Waals surface area contributed by atoms with Gasteiger partial charge in [-0.05, 0) is 42.7 Å². The van der Waals surface area contributed by atoms with Crippen LogP contribution in [0.4, 0.5) is 4.79 Å². The standard InChI is InChI=1S/C32H32N4O8/c1-5-40-30-33-25-12-8-11-24(29(37)41-18-26-19(2)42-32(38)43-26)27(25)36(30)17-20-13-15-21(16-14-20)22-9-6-7-10-23(22)28-34-44-31(39-4)35(28)3/h6-16,19,26,31H,5,17-18H2,1-4H3. The van der Waals surface area contributed by atoms with E-state index in [1.54, 1.807) is 26.2 Å². The average molecular weight is 601 g/mol. The highest BCUT2D eigenvalue weighted by Crippen LogP contribution is 2.30. The van der Waals surface area contributed by atoms with Gasteiger partial charge >= 0.3 is 18.5 Å². The number of aromatic nitrogens is 2. The number of cyclic esters (lactones) is 2. The Balaban J connectivity index is 1.28. The quantitative estimate of drug-likeness (QED) is 0.235. The van der Waals surface area contributed by atoms with E-state index < -0.39 is 30.7 Å². The van der Waals surface area contributed by atoms with Gasteiger partial charge in [0.1, 0.15) is 12.7 Å². The maximum absolute atomic E-state index is 13.3. The highest BCUT2D eigenvalue weighted by atomic mass is 16.8. The number of esters is 1. The molecule has 0 radical (unpaired) electrons. The van der Waals surface area contributed by atoms with Crippen molar-refractivity contribution < 1.29 is 38.1 Å². The van der Waals surface area contributed by atoms with E-state index in [-0.39, 0.29) is 6.61 Å². The van der Waals surface area contributed by atoms with Crippen LogP contribution in [0.25, 0.3) is 22.2 Å². The van der Waals surface area contributed by atoms with Gasteiger partial charge in [-0.25, -0.2) is 9.59 Å². The number of carbonyl (C=O) groups is 2. The molecular formula is C32H32N4O8. The second kappa shape index (κ2) is 12.3. The first-order chi connectivity index (χ1) is 21.4. The topological polar surface area (TPSA) is 123 Å². The Morgan fingerprint density at radius 3 is 2.45 bits per heavy atom. The summed E-state index contributed by atoms with van der Waals surface area (Å²) in [5, 5.41) is 4.24. The Morgan fingerprint density at radius 2 is 1.77 bits per heavy atom. The molecule has 3 heterocycles. The molecule has 12 heteroatoms. The van der Waals surface area contributed by atoms with Crippen molar-refractivity contribution in [2.24, 2.45) is 5.16 Å². The van der Waals surface area contributed by atoms with Gasteiger partial charge in [0.2, 0.25) is 0 Å². The number of amidine groups is 1. The number of methoxy groups -OCH3 is 1. The molecule has 44 heavy (non-hydrogen) atoms. The third-order valence-electron chi connectivity index (χ3n) is 7.51. The summed E-state index contributed by atoms with van der Waals surface area (Å²) in [5.41, 5.74) is 5.37. The smallest absolute Gasteiger partial charge is 0.465 e. The predicted molar refractivity (Wildman–Crippen MR) is 159 cm³/mol. The molecule has 0 amide bonds. The summed E-state index contributed by atoms with van der Waals surface area (Å²) in [6, 6.07) is 21.7. The van der Waals surface area contributed by atoms with Gasteiger partial charge in [0, 0.05) is 19.7 Å². The Labute approximate surface area is 253 Å². The molecule has 1 fully saturated rings. The van der Waals surface area contributed by atoms with E-state index in [4.69, 9.17) is 28.5 Å². The number of benzene rings is 3. The van der Waals surface area contributed by atoms with E-state index in [1.807, 2.05) is 78.0 Å². The van der Waals surface area contributed by atoms with Crippen LogP contribution in [0.3, 0.4) is 0 Å². The lowest BCUT2D eigenvalue weighted by atomic mass is 9.97. The van der Waals surface area contributed by atoms with Crippen LogP contribution >= 0.6 is 0 Å². The Morgan fingerprint density at radius 1 is 1.00 bits per heavy atom. The molecule has 0 spiro atoms. The van der Waals surface area contributed by atoms with Gasteiger partial charge in [0.05, 0.1) is 29.7 Å². The molecule has 0 aliphatic carbocycles. The largest absolute Gasteiger partial charge is 0.509 e. The van der Waals surface area contributed by atoms with Gasteiger partial charge in [0.15, 0.2) is 11.9 Å². The Kier molecular flexibility index (Phi) is 8.07. The van der Waals surface area contributed by atoms with Gasteiger partial charge in [-0.2, -0.15) is 4.98 Å². The third kappa shape index (κ3) is 5.51. The van der Waals surface area contributed by atoms with E-state index >= 15 is 0 Å². The number of ether oxygens (including phenoxy) is 5. The number of nitrogens with zero attached hydrogens (tertiary/aromatic N) is 4. The fourth-order valence-electron chi connectivity index (χ4n) is 5.27. The van der Waals surface area contributed by atoms with Crippen LogP contribution in [0.5, 0.6) is 6.01 Å². The number of rotatable bonds is 10. The first-order valence-corrected chi connectivity index (χ1v) is 14.2. The summed E-state index contributed by atoms with van der Waals surface area (Å²) >= 11 is 0. The number of oxime groups is 1. The lowest BCUT2D eigenvalue weighted by Gasteiger charge is -2.20. The zero-order valence-corrected chi connectivity index (χ0v) is 24.8. The second-order valence-corrected chi connectivity index (χ2v) is 10.3. The van der Waals surface area contributed by atoms with Crippen molar-refractivity contribution in [3.05, 3.63) is 83.4 Å². The third-order valence-corrected chi connectivity index (χ3v) is 7.51. The van der Waals surface area contributed by atoms with Crippen LogP contribution in [0.15, 0.2) is 71.9 Å².